The van der Waals surface area contributed by atoms with E-state index in [1.807, 2.05) is 53.8 Å². The first-order valence-corrected chi connectivity index (χ1v) is 30.8. The topological polar surface area (TPSA) is 267 Å². The molecule has 0 saturated carbocycles. The summed E-state index contributed by atoms with van der Waals surface area (Å²) in [6.07, 6.45) is 10.2. The molecule has 3 N–H and O–H groups in total. The van der Waals surface area contributed by atoms with Crippen molar-refractivity contribution >= 4 is 75.2 Å². The van der Waals surface area contributed by atoms with Gasteiger partial charge in [0.15, 0.2) is 17.6 Å². The third-order valence-electron chi connectivity index (χ3n) is 14.4. The number of thiazole rings is 1. The zero-order chi connectivity index (χ0) is 60.1. The van der Waals surface area contributed by atoms with E-state index >= 15 is 0 Å². The molecule has 86 heavy (non-hydrogen) atoms. The number of nitrogens with zero attached hydrogens (tertiary/aromatic N) is 9. The summed E-state index contributed by atoms with van der Waals surface area (Å²) in [4.78, 5) is 75.4. The van der Waals surface area contributed by atoms with Gasteiger partial charge in [0.1, 0.15) is 28.2 Å². The van der Waals surface area contributed by atoms with E-state index in [0.29, 0.717) is 209 Å². The molecule has 1 aromatic carbocycles. The molecule has 8 rings (SSSR count). The summed E-state index contributed by atoms with van der Waals surface area (Å²) < 4.78 is 52.7. The maximum absolute atomic E-state index is 13.0. The van der Waals surface area contributed by atoms with E-state index in [-0.39, 0.29) is 36.3 Å². The monoisotopic (exact) mass is 1230 g/mol. The number of hydrogen-bond donors (Lipinski definition) is 3. The highest BCUT2D eigenvalue weighted by Gasteiger charge is 2.29. The van der Waals surface area contributed by atoms with Gasteiger partial charge < -0.3 is 73.3 Å². The van der Waals surface area contributed by atoms with Gasteiger partial charge in [-0.1, -0.05) is 35.1 Å². The third-order valence-corrected chi connectivity index (χ3v) is 15.6. The average Bonchev–Trinajstić information content (AvgIpc) is 2.20. The van der Waals surface area contributed by atoms with Crippen LogP contribution in [0.4, 0.5) is 28.3 Å². The standard InChI is InChI=1S/C59H81ClN12O13S/c1-43-6-5-7-48(60)55(43)68-58(76)50-41-63-59(86-50)67-51-39-52(66-44(2)65-51)69-17-19-70(20-18-69)53(74)12-22-77-24-26-79-28-30-81-32-34-83-36-37-84-35-33-82-31-29-80-27-25-78-23-14-61-57(75)46-10-15-71(16-11-46)56-47(38-45(42-73)40-62-56)49-9-13-64-72(49)54-8-3-4-21-85-54/h5-7,9,13,38-42,46,54H,3-4,8,10-12,14-37H2,1-2H3,(H,61,75)(H,68,76)(H,63,65,66,67). The summed E-state index contributed by atoms with van der Waals surface area (Å²) in [5.41, 5.74) is 3.62. The highest BCUT2D eigenvalue weighted by atomic mass is 35.5. The maximum Gasteiger partial charge on any atom is 0.267 e. The van der Waals surface area contributed by atoms with Crippen LogP contribution >= 0.6 is 22.9 Å². The van der Waals surface area contributed by atoms with Gasteiger partial charge in [0.25, 0.3) is 5.91 Å². The lowest BCUT2D eigenvalue weighted by Crippen LogP contribution is -2.49. The lowest BCUT2D eigenvalue weighted by atomic mass is 9.95. The Labute approximate surface area is 511 Å². The van der Waals surface area contributed by atoms with E-state index in [1.54, 1.807) is 18.5 Å². The highest BCUT2D eigenvalue weighted by Crippen LogP contribution is 2.36. The van der Waals surface area contributed by atoms with Crippen molar-refractivity contribution in [1.29, 1.82) is 0 Å². The predicted octanol–water partition coefficient (Wildman–Crippen LogP) is 6.17. The molecule has 7 heterocycles. The summed E-state index contributed by atoms with van der Waals surface area (Å²) in [7, 11) is 0. The van der Waals surface area contributed by atoms with Gasteiger partial charge in [0, 0.05) is 87.9 Å². The van der Waals surface area contributed by atoms with Crippen molar-refractivity contribution in [3.05, 3.63) is 81.8 Å². The fraction of sp³-hybridized carbons (Fsp3) is 0.576. The Morgan fingerprint density at radius 2 is 1.36 bits per heavy atom. The van der Waals surface area contributed by atoms with Crippen molar-refractivity contribution in [3.63, 3.8) is 0 Å². The number of amides is 3. The number of anilines is 5. The van der Waals surface area contributed by atoms with Crippen LogP contribution in [0.3, 0.4) is 0 Å². The van der Waals surface area contributed by atoms with Crippen LogP contribution in [0.1, 0.15) is 76.2 Å². The number of pyridine rings is 1. The Morgan fingerprint density at radius 1 is 0.721 bits per heavy atom. The smallest absolute Gasteiger partial charge is 0.267 e. The number of aromatic nitrogens is 6. The molecule has 1 unspecified atom stereocenters. The van der Waals surface area contributed by atoms with Crippen LogP contribution in [0.5, 0.6) is 0 Å². The number of halogens is 1. The second kappa shape index (κ2) is 36.1. The molecule has 0 aliphatic carbocycles. The first-order chi connectivity index (χ1) is 42.1. The number of aldehydes is 1. The predicted molar refractivity (Wildman–Crippen MR) is 324 cm³/mol. The van der Waals surface area contributed by atoms with E-state index in [1.165, 1.54) is 17.5 Å². The minimum Gasteiger partial charge on any atom is -0.379 e. The van der Waals surface area contributed by atoms with Crippen LogP contribution in [0.25, 0.3) is 11.3 Å². The molecular formula is C59H81ClN12O13S. The van der Waals surface area contributed by atoms with Gasteiger partial charge in [-0.2, -0.15) is 5.10 Å². The van der Waals surface area contributed by atoms with Crippen LogP contribution in [0.2, 0.25) is 5.02 Å². The van der Waals surface area contributed by atoms with Gasteiger partial charge in [-0.05, 0) is 69.7 Å². The van der Waals surface area contributed by atoms with E-state index < -0.39 is 0 Å². The fourth-order valence-corrected chi connectivity index (χ4v) is 10.8. The molecule has 3 aliphatic rings. The zero-order valence-electron chi connectivity index (χ0n) is 49.3. The Morgan fingerprint density at radius 3 is 1.98 bits per heavy atom. The molecule has 27 heteroatoms. The van der Waals surface area contributed by atoms with Gasteiger partial charge in [-0.3, -0.25) is 19.2 Å². The van der Waals surface area contributed by atoms with Crippen LogP contribution in [0, 0.1) is 19.8 Å². The molecule has 5 aromatic rings. The first kappa shape index (κ1) is 65.7. The molecule has 4 aromatic heterocycles. The number of hydrogen-bond acceptors (Lipinski definition) is 22. The molecular weight excluding hydrogens is 1150 g/mol. The molecule has 0 radical (unpaired) electrons. The van der Waals surface area contributed by atoms with Crippen molar-refractivity contribution in [1.82, 2.24) is 39.9 Å². The van der Waals surface area contributed by atoms with Crippen LogP contribution in [0.15, 0.2) is 55.0 Å². The summed E-state index contributed by atoms with van der Waals surface area (Å²) >= 11 is 7.50. The van der Waals surface area contributed by atoms with Gasteiger partial charge in [0.2, 0.25) is 11.8 Å². The number of nitrogens with one attached hydrogen (secondary N) is 3. The number of rotatable bonds is 37. The number of piperazine rings is 1. The summed E-state index contributed by atoms with van der Waals surface area (Å²) in [5, 5.41) is 14.6. The average molecular weight is 1230 g/mol. The van der Waals surface area contributed by atoms with Crippen LogP contribution in [-0.4, -0.2) is 217 Å². The fourth-order valence-electron chi connectivity index (χ4n) is 9.83. The molecule has 25 nitrogen and oxygen atoms in total. The molecule has 468 valence electrons. The Kier molecular flexibility index (Phi) is 27.6. The molecule has 1 atom stereocenters. The molecule has 3 fully saturated rings. The van der Waals surface area contributed by atoms with Crippen molar-refractivity contribution < 1.29 is 61.8 Å². The minimum atomic E-state index is -0.304. The normalized spacial score (nSPS) is 15.7. The van der Waals surface area contributed by atoms with Gasteiger partial charge >= 0.3 is 0 Å². The van der Waals surface area contributed by atoms with Crippen molar-refractivity contribution in [3.8, 4) is 11.3 Å². The second-order valence-electron chi connectivity index (χ2n) is 20.5. The maximum atomic E-state index is 13.0. The Hall–Kier alpha value is -6.30. The van der Waals surface area contributed by atoms with Gasteiger partial charge in [-0.25, -0.2) is 24.6 Å². The third kappa shape index (κ3) is 21.0. The minimum absolute atomic E-state index is 0.0235. The van der Waals surface area contributed by atoms with Crippen molar-refractivity contribution in [2.45, 2.75) is 58.6 Å². The molecule has 3 saturated heterocycles. The van der Waals surface area contributed by atoms with E-state index in [0.717, 1.165) is 54.0 Å². The number of ether oxygens (including phenoxy) is 9. The largest absolute Gasteiger partial charge is 0.379 e. The Balaban J connectivity index is 0.543. The summed E-state index contributed by atoms with van der Waals surface area (Å²) in [5.74, 6) is 2.30. The molecule has 0 bridgehead atoms. The molecule has 0 spiro atoms. The second-order valence-corrected chi connectivity index (χ2v) is 21.9. The van der Waals surface area contributed by atoms with E-state index in [2.05, 4.69) is 45.8 Å². The van der Waals surface area contributed by atoms with Gasteiger partial charge in [-0.15, -0.1) is 0 Å². The first-order valence-electron chi connectivity index (χ1n) is 29.6. The van der Waals surface area contributed by atoms with Gasteiger partial charge in [0.05, 0.1) is 135 Å². The summed E-state index contributed by atoms with van der Waals surface area (Å²) in [6.45, 7) is 15.2. The zero-order valence-corrected chi connectivity index (χ0v) is 50.8. The quantitative estimate of drug-likeness (QED) is 0.0296. The lowest BCUT2D eigenvalue weighted by Gasteiger charge is -2.35. The number of carbonyl (C=O) groups is 4. The number of aryl methyl sites for hydroxylation is 2. The number of piperidine rings is 1. The molecule has 3 aliphatic heterocycles. The number of para-hydroxylation sites is 1. The summed E-state index contributed by atoms with van der Waals surface area (Å²) in [6, 6.07) is 11.1. The number of carbonyl (C=O) groups excluding carboxylic acids is 4. The van der Waals surface area contributed by atoms with Crippen LogP contribution in [-0.2, 0) is 52.2 Å². The van der Waals surface area contributed by atoms with Crippen molar-refractivity contribution in [2.24, 2.45) is 5.92 Å². The van der Waals surface area contributed by atoms with E-state index in [4.69, 9.17) is 59.2 Å². The highest BCUT2D eigenvalue weighted by molar-refractivity contribution is 7.17. The van der Waals surface area contributed by atoms with E-state index in [9.17, 15) is 19.2 Å². The SMILES string of the molecule is Cc1nc(Nc2ncc(C(=O)Nc3c(C)cccc3Cl)s2)cc(N2CCN(C(=O)CCOCCOCCOCCOCCOCCOCCOCCOCCNC(=O)C3CCN(c4ncc(C=O)cc4-c4ccnn4C4CCCCO4)CC3)CC2)n1. The number of benzene rings is 1. The van der Waals surface area contributed by atoms with Crippen molar-refractivity contribution in [2.75, 3.05) is 179 Å². The lowest BCUT2D eigenvalue weighted by molar-refractivity contribution is -0.132. The van der Waals surface area contributed by atoms with Crippen LogP contribution < -0.4 is 25.8 Å². The molecule has 3 amide bonds. The Bertz CT molecular complexity index is 2860.